The summed E-state index contributed by atoms with van der Waals surface area (Å²) in [7, 11) is 0. The summed E-state index contributed by atoms with van der Waals surface area (Å²) < 4.78 is 0. The van der Waals surface area contributed by atoms with E-state index in [4.69, 9.17) is 5.11 Å². The fraction of sp³-hybridized carbons (Fsp3) is 0.500. The van der Waals surface area contributed by atoms with Crippen molar-refractivity contribution in [2.24, 2.45) is 5.92 Å². The monoisotopic (exact) mass is 290 g/mol. The smallest absolute Gasteiger partial charge is 0.322 e. The molecule has 1 aliphatic rings. The lowest BCUT2D eigenvalue weighted by Gasteiger charge is -2.25. The summed E-state index contributed by atoms with van der Waals surface area (Å²) in [5.41, 5.74) is 1.96. The molecule has 1 saturated carbocycles. The van der Waals surface area contributed by atoms with Gasteiger partial charge in [-0.25, -0.2) is 4.79 Å². The number of aliphatic carboxylic acids is 1. The first kappa shape index (κ1) is 15.4. The van der Waals surface area contributed by atoms with Crippen molar-refractivity contribution in [3.8, 4) is 0 Å². The number of benzene rings is 1. The van der Waals surface area contributed by atoms with Crippen LogP contribution < -0.4 is 10.2 Å². The second kappa shape index (κ2) is 6.61. The van der Waals surface area contributed by atoms with Gasteiger partial charge < -0.3 is 10.4 Å². The number of hydrogen-bond donors (Lipinski definition) is 2. The number of rotatable bonds is 6. The van der Waals surface area contributed by atoms with Gasteiger partial charge in [0.25, 0.3) is 0 Å². The van der Waals surface area contributed by atoms with E-state index in [1.807, 2.05) is 38.1 Å². The summed E-state index contributed by atoms with van der Waals surface area (Å²) in [5, 5.41) is 11.8. The molecule has 21 heavy (non-hydrogen) atoms. The molecule has 0 aliphatic heterocycles. The van der Waals surface area contributed by atoms with E-state index in [1.54, 1.807) is 4.90 Å². The number of nitrogens with one attached hydrogen (secondary N) is 1. The SMILES string of the molecule is CCN(C(=O)NC(CC(=O)O)C1CC1)c1ccc(C)cc1. The van der Waals surface area contributed by atoms with Crippen LogP contribution in [0.25, 0.3) is 0 Å². The van der Waals surface area contributed by atoms with Crippen LogP contribution in [0.5, 0.6) is 0 Å². The summed E-state index contributed by atoms with van der Waals surface area (Å²) in [6.45, 7) is 4.44. The molecule has 5 heteroatoms. The highest BCUT2D eigenvalue weighted by molar-refractivity contribution is 5.92. The highest BCUT2D eigenvalue weighted by atomic mass is 16.4. The molecule has 0 heterocycles. The first-order valence-electron chi connectivity index (χ1n) is 7.37. The number of carbonyl (C=O) groups is 2. The number of carboxylic acid groups (broad SMARTS) is 1. The van der Waals surface area contributed by atoms with Crippen molar-refractivity contribution in [2.75, 3.05) is 11.4 Å². The number of anilines is 1. The number of hydrogen-bond acceptors (Lipinski definition) is 2. The highest BCUT2D eigenvalue weighted by Gasteiger charge is 2.34. The molecule has 114 valence electrons. The number of urea groups is 1. The number of amides is 2. The number of aryl methyl sites for hydroxylation is 1. The third kappa shape index (κ3) is 4.21. The Morgan fingerprint density at radius 2 is 1.95 bits per heavy atom. The van der Waals surface area contributed by atoms with Gasteiger partial charge in [0.05, 0.1) is 6.42 Å². The summed E-state index contributed by atoms with van der Waals surface area (Å²) >= 11 is 0. The first-order valence-corrected chi connectivity index (χ1v) is 7.37. The van der Waals surface area contributed by atoms with Crippen LogP contribution in [-0.4, -0.2) is 29.7 Å². The van der Waals surface area contributed by atoms with Crippen molar-refractivity contribution in [1.29, 1.82) is 0 Å². The Morgan fingerprint density at radius 3 is 2.43 bits per heavy atom. The second-order valence-electron chi connectivity index (χ2n) is 5.57. The molecule has 1 unspecified atom stereocenters. The van der Waals surface area contributed by atoms with Crippen LogP contribution in [0.2, 0.25) is 0 Å². The normalized spacial score (nSPS) is 15.3. The molecule has 5 nitrogen and oxygen atoms in total. The van der Waals surface area contributed by atoms with Crippen molar-refractivity contribution in [3.63, 3.8) is 0 Å². The van der Waals surface area contributed by atoms with E-state index >= 15 is 0 Å². The molecule has 2 amide bonds. The van der Waals surface area contributed by atoms with Gasteiger partial charge in [0.2, 0.25) is 0 Å². The van der Waals surface area contributed by atoms with E-state index in [2.05, 4.69) is 5.32 Å². The quantitative estimate of drug-likeness (QED) is 0.846. The van der Waals surface area contributed by atoms with Crippen LogP contribution in [0.3, 0.4) is 0 Å². The lowest BCUT2D eigenvalue weighted by atomic mass is 10.1. The highest BCUT2D eigenvalue weighted by Crippen LogP contribution is 2.34. The van der Waals surface area contributed by atoms with Crippen molar-refractivity contribution in [3.05, 3.63) is 29.8 Å². The fourth-order valence-electron chi connectivity index (χ4n) is 2.43. The van der Waals surface area contributed by atoms with Crippen LogP contribution >= 0.6 is 0 Å². The van der Waals surface area contributed by atoms with E-state index in [1.165, 1.54) is 0 Å². The Bertz CT molecular complexity index is 509. The largest absolute Gasteiger partial charge is 0.481 e. The summed E-state index contributed by atoms with van der Waals surface area (Å²) in [6.07, 6.45) is 1.98. The first-order chi connectivity index (χ1) is 10.0. The molecule has 0 aromatic heterocycles. The van der Waals surface area contributed by atoms with Gasteiger partial charge in [0.1, 0.15) is 0 Å². The van der Waals surface area contributed by atoms with E-state index in [0.29, 0.717) is 12.5 Å². The molecule has 1 fully saturated rings. The van der Waals surface area contributed by atoms with Crippen LogP contribution in [0, 0.1) is 12.8 Å². The third-order valence-electron chi connectivity index (χ3n) is 3.80. The Morgan fingerprint density at radius 1 is 1.33 bits per heavy atom. The molecule has 2 N–H and O–H groups in total. The zero-order valence-electron chi connectivity index (χ0n) is 12.5. The van der Waals surface area contributed by atoms with Crippen molar-refractivity contribution < 1.29 is 14.7 Å². The van der Waals surface area contributed by atoms with Crippen molar-refractivity contribution in [1.82, 2.24) is 5.32 Å². The average Bonchev–Trinajstić information content (AvgIpc) is 3.25. The summed E-state index contributed by atoms with van der Waals surface area (Å²) in [6, 6.07) is 7.24. The van der Waals surface area contributed by atoms with E-state index in [0.717, 1.165) is 24.1 Å². The van der Waals surface area contributed by atoms with Gasteiger partial charge >= 0.3 is 12.0 Å². The van der Waals surface area contributed by atoms with Crippen LogP contribution in [-0.2, 0) is 4.79 Å². The van der Waals surface area contributed by atoms with Gasteiger partial charge in [-0.05, 0) is 44.7 Å². The maximum Gasteiger partial charge on any atom is 0.322 e. The molecular formula is C16H22N2O3. The predicted molar refractivity (Wildman–Crippen MR) is 81.5 cm³/mol. The van der Waals surface area contributed by atoms with E-state index in [-0.39, 0.29) is 18.5 Å². The van der Waals surface area contributed by atoms with Crippen LogP contribution in [0.4, 0.5) is 10.5 Å². The Labute approximate surface area is 125 Å². The third-order valence-corrected chi connectivity index (χ3v) is 3.80. The van der Waals surface area contributed by atoms with Crippen molar-refractivity contribution in [2.45, 2.75) is 39.2 Å². The zero-order valence-corrected chi connectivity index (χ0v) is 12.5. The van der Waals surface area contributed by atoms with Gasteiger partial charge in [-0.2, -0.15) is 0 Å². The van der Waals surface area contributed by atoms with Crippen LogP contribution in [0.15, 0.2) is 24.3 Å². The Balaban J connectivity index is 2.04. The summed E-state index contributed by atoms with van der Waals surface area (Å²) in [4.78, 5) is 24.9. The van der Waals surface area contributed by atoms with Crippen LogP contribution in [0.1, 0.15) is 31.7 Å². The number of carbonyl (C=O) groups excluding carboxylic acids is 1. The molecule has 1 aromatic rings. The molecule has 0 spiro atoms. The second-order valence-corrected chi connectivity index (χ2v) is 5.57. The maximum atomic E-state index is 12.4. The average molecular weight is 290 g/mol. The molecule has 0 bridgehead atoms. The molecule has 0 radical (unpaired) electrons. The minimum atomic E-state index is -0.870. The van der Waals surface area contributed by atoms with Crippen molar-refractivity contribution >= 4 is 17.7 Å². The minimum Gasteiger partial charge on any atom is -0.481 e. The van der Waals surface area contributed by atoms with Gasteiger partial charge in [0, 0.05) is 18.3 Å². The zero-order chi connectivity index (χ0) is 15.4. The maximum absolute atomic E-state index is 12.4. The molecule has 2 rings (SSSR count). The lowest BCUT2D eigenvalue weighted by Crippen LogP contribution is -2.46. The Kier molecular flexibility index (Phi) is 4.83. The lowest BCUT2D eigenvalue weighted by molar-refractivity contribution is -0.137. The molecule has 1 aromatic carbocycles. The molecule has 1 aliphatic carbocycles. The fourth-order valence-corrected chi connectivity index (χ4v) is 2.43. The number of nitrogens with zero attached hydrogens (tertiary/aromatic N) is 1. The number of carboxylic acids is 1. The molecule has 0 saturated heterocycles. The topological polar surface area (TPSA) is 69.6 Å². The van der Waals surface area contributed by atoms with Gasteiger partial charge in [-0.1, -0.05) is 17.7 Å². The van der Waals surface area contributed by atoms with E-state index < -0.39 is 5.97 Å². The standard InChI is InChI=1S/C16H22N2O3/c1-3-18(13-8-4-11(2)5-9-13)16(21)17-14(10-15(19)20)12-6-7-12/h4-5,8-9,12,14H,3,6-7,10H2,1-2H3,(H,17,21)(H,19,20). The van der Waals surface area contributed by atoms with Gasteiger partial charge in [0.15, 0.2) is 0 Å². The molecule has 1 atom stereocenters. The van der Waals surface area contributed by atoms with Gasteiger partial charge in [-0.3, -0.25) is 9.69 Å². The van der Waals surface area contributed by atoms with Gasteiger partial charge in [-0.15, -0.1) is 0 Å². The summed E-state index contributed by atoms with van der Waals surface area (Å²) in [5.74, 6) is -0.563. The predicted octanol–water partition coefficient (Wildman–Crippen LogP) is 2.78. The Hall–Kier alpha value is -2.04. The molecular weight excluding hydrogens is 268 g/mol. The minimum absolute atomic E-state index is 0.0120. The van der Waals surface area contributed by atoms with E-state index in [9.17, 15) is 9.59 Å².